The molecule has 0 saturated heterocycles. The number of carbonyl (C=O) groups excluding carboxylic acids is 1. The molecule has 0 rings (SSSR count). The van der Waals surface area contributed by atoms with Crippen molar-refractivity contribution >= 4 is 5.97 Å². The van der Waals surface area contributed by atoms with Gasteiger partial charge in [-0.05, 0) is 64.2 Å². The fraction of sp³-hybridized carbons (Fsp3) is 0.884. The molecule has 0 aliphatic rings. The first-order valence-corrected chi connectivity index (χ1v) is 20.9. The molecule has 0 radical (unpaired) electrons. The normalized spacial score (nSPS) is 12.5. The van der Waals surface area contributed by atoms with Gasteiger partial charge >= 0.3 is 5.97 Å². The van der Waals surface area contributed by atoms with Crippen LogP contribution in [0.5, 0.6) is 0 Å². The van der Waals surface area contributed by atoms with E-state index in [1.54, 1.807) is 0 Å². The molecule has 4 nitrogen and oxygen atoms in total. The second-order valence-corrected chi connectivity index (χ2v) is 14.1. The lowest BCUT2D eigenvalue weighted by Gasteiger charge is -2.15. The van der Waals surface area contributed by atoms with Gasteiger partial charge in [-0.25, -0.2) is 0 Å². The van der Waals surface area contributed by atoms with Crippen molar-refractivity contribution in [2.75, 3.05) is 19.8 Å². The summed E-state index contributed by atoms with van der Waals surface area (Å²) in [4.78, 5) is 12.2. The van der Waals surface area contributed by atoms with Crippen LogP contribution in [0.25, 0.3) is 0 Å². The average molecular weight is 663 g/mol. The first-order chi connectivity index (χ1) is 23.2. The fourth-order valence-electron chi connectivity index (χ4n) is 6.08. The molecule has 0 heterocycles. The van der Waals surface area contributed by atoms with Crippen molar-refractivity contribution < 1.29 is 19.4 Å². The van der Waals surface area contributed by atoms with Crippen molar-refractivity contribution in [2.24, 2.45) is 0 Å². The predicted molar refractivity (Wildman–Crippen MR) is 205 cm³/mol. The molecule has 0 aromatic carbocycles. The van der Waals surface area contributed by atoms with E-state index in [0.29, 0.717) is 19.6 Å². The van der Waals surface area contributed by atoms with Crippen LogP contribution in [-0.4, -0.2) is 37.0 Å². The molecule has 278 valence electrons. The average Bonchev–Trinajstić information content (AvgIpc) is 3.08. The highest BCUT2D eigenvalue weighted by atomic mass is 16.6. The van der Waals surface area contributed by atoms with Gasteiger partial charge in [-0.2, -0.15) is 0 Å². The maximum absolute atomic E-state index is 12.2. The molecular formula is C43H82O4. The van der Waals surface area contributed by atoms with Crippen LogP contribution in [0.1, 0.15) is 219 Å². The maximum Gasteiger partial charge on any atom is 0.306 e. The molecule has 0 aliphatic carbocycles. The summed E-state index contributed by atoms with van der Waals surface area (Å²) in [6, 6.07) is 0. The van der Waals surface area contributed by atoms with E-state index in [9.17, 15) is 9.90 Å². The van der Waals surface area contributed by atoms with Crippen molar-refractivity contribution in [3.63, 3.8) is 0 Å². The van der Waals surface area contributed by atoms with Crippen LogP contribution in [0, 0.1) is 0 Å². The SMILES string of the molecule is CCCCCCCCC/C=C\CCCCCCCCCC(=O)OC(CO)COCCCCCCCC/C=C\CCCCCCCCC. The number of aliphatic hydroxyl groups is 1. The smallest absolute Gasteiger partial charge is 0.306 e. The van der Waals surface area contributed by atoms with Crippen molar-refractivity contribution in [3.05, 3.63) is 24.3 Å². The Morgan fingerprint density at radius 2 is 0.830 bits per heavy atom. The van der Waals surface area contributed by atoms with Gasteiger partial charge in [-0.1, -0.05) is 173 Å². The van der Waals surface area contributed by atoms with Crippen molar-refractivity contribution in [1.82, 2.24) is 0 Å². The first-order valence-electron chi connectivity index (χ1n) is 20.9. The Hall–Kier alpha value is -1.13. The van der Waals surface area contributed by atoms with Gasteiger partial charge in [0.1, 0.15) is 6.10 Å². The predicted octanol–water partition coefficient (Wildman–Crippen LogP) is 13.5. The summed E-state index contributed by atoms with van der Waals surface area (Å²) >= 11 is 0. The monoisotopic (exact) mass is 663 g/mol. The minimum atomic E-state index is -0.536. The molecule has 0 spiro atoms. The van der Waals surface area contributed by atoms with Crippen LogP contribution in [0.2, 0.25) is 0 Å². The Kier molecular flexibility index (Phi) is 40.1. The van der Waals surface area contributed by atoms with Gasteiger partial charge in [0, 0.05) is 13.0 Å². The number of carbonyl (C=O) groups is 1. The molecule has 1 unspecified atom stereocenters. The van der Waals surface area contributed by atoms with Gasteiger partial charge in [0.15, 0.2) is 0 Å². The highest BCUT2D eigenvalue weighted by molar-refractivity contribution is 5.69. The highest BCUT2D eigenvalue weighted by Crippen LogP contribution is 2.13. The van der Waals surface area contributed by atoms with E-state index in [-0.39, 0.29) is 12.6 Å². The first kappa shape index (κ1) is 45.9. The Morgan fingerprint density at radius 3 is 1.21 bits per heavy atom. The van der Waals surface area contributed by atoms with E-state index in [1.807, 2.05) is 0 Å². The number of rotatable bonds is 39. The molecule has 0 bridgehead atoms. The van der Waals surface area contributed by atoms with E-state index in [0.717, 1.165) is 19.3 Å². The molecule has 0 amide bonds. The fourth-order valence-corrected chi connectivity index (χ4v) is 6.08. The number of unbranched alkanes of at least 4 members (excludes halogenated alkanes) is 27. The van der Waals surface area contributed by atoms with E-state index in [1.165, 1.54) is 180 Å². The second kappa shape index (κ2) is 41.0. The van der Waals surface area contributed by atoms with E-state index in [2.05, 4.69) is 38.2 Å². The number of ether oxygens (including phenoxy) is 2. The zero-order valence-corrected chi connectivity index (χ0v) is 31.8. The molecule has 1 N–H and O–H groups in total. The summed E-state index contributed by atoms with van der Waals surface area (Å²) < 4.78 is 11.1. The number of allylic oxidation sites excluding steroid dienone is 4. The van der Waals surface area contributed by atoms with Crippen LogP contribution < -0.4 is 0 Å². The number of aliphatic hydroxyl groups excluding tert-OH is 1. The van der Waals surface area contributed by atoms with Gasteiger partial charge in [-0.15, -0.1) is 0 Å². The quantitative estimate of drug-likeness (QED) is 0.0404. The van der Waals surface area contributed by atoms with Crippen molar-refractivity contribution in [1.29, 1.82) is 0 Å². The van der Waals surface area contributed by atoms with Crippen LogP contribution in [0.4, 0.5) is 0 Å². The number of esters is 1. The Balaban J connectivity index is 3.43. The molecule has 4 heteroatoms. The highest BCUT2D eigenvalue weighted by Gasteiger charge is 2.13. The lowest BCUT2D eigenvalue weighted by molar-refractivity contribution is -0.154. The minimum absolute atomic E-state index is 0.173. The summed E-state index contributed by atoms with van der Waals surface area (Å²) in [6.45, 7) is 5.35. The molecule has 0 aliphatic heterocycles. The number of hydrogen-bond acceptors (Lipinski definition) is 4. The van der Waals surface area contributed by atoms with E-state index < -0.39 is 6.10 Å². The van der Waals surface area contributed by atoms with Gasteiger partial charge in [0.05, 0.1) is 13.2 Å². The third-order valence-electron chi connectivity index (χ3n) is 9.25. The Morgan fingerprint density at radius 1 is 0.489 bits per heavy atom. The van der Waals surface area contributed by atoms with Crippen LogP contribution >= 0.6 is 0 Å². The van der Waals surface area contributed by atoms with E-state index in [4.69, 9.17) is 9.47 Å². The topological polar surface area (TPSA) is 55.8 Å². The molecule has 0 saturated carbocycles. The van der Waals surface area contributed by atoms with Gasteiger partial charge in [-0.3, -0.25) is 4.79 Å². The third kappa shape index (κ3) is 39.2. The minimum Gasteiger partial charge on any atom is -0.457 e. The van der Waals surface area contributed by atoms with E-state index >= 15 is 0 Å². The Bertz CT molecular complexity index is 658. The molecule has 1 atom stereocenters. The Labute approximate surface area is 294 Å². The van der Waals surface area contributed by atoms with Crippen LogP contribution in [-0.2, 0) is 14.3 Å². The lowest BCUT2D eigenvalue weighted by Crippen LogP contribution is -2.27. The van der Waals surface area contributed by atoms with Gasteiger partial charge < -0.3 is 14.6 Å². The summed E-state index contributed by atoms with van der Waals surface area (Å²) in [6.07, 6.45) is 49.4. The van der Waals surface area contributed by atoms with Crippen molar-refractivity contribution in [2.45, 2.75) is 225 Å². The second-order valence-electron chi connectivity index (χ2n) is 14.1. The van der Waals surface area contributed by atoms with Crippen LogP contribution in [0.15, 0.2) is 24.3 Å². The largest absolute Gasteiger partial charge is 0.457 e. The molecular weight excluding hydrogens is 580 g/mol. The molecule has 47 heavy (non-hydrogen) atoms. The summed E-state index contributed by atoms with van der Waals surface area (Å²) in [5.74, 6) is -0.205. The van der Waals surface area contributed by atoms with Gasteiger partial charge in [0.25, 0.3) is 0 Å². The number of hydrogen-bond donors (Lipinski definition) is 1. The molecule has 0 aromatic rings. The standard InChI is InChI=1S/C43H82O4/c1-3-5-7-9-11-13-15-17-19-21-22-24-26-28-30-32-34-36-38-43(45)47-42(40-44)41-46-39-37-35-33-31-29-27-25-23-20-18-16-14-12-10-8-6-4-2/h19-21,23,42,44H,3-18,22,24-41H2,1-2H3/b21-19-,23-20-. The van der Waals surface area contributed by atoms with Crippen molar-refractivity contribution in [3.8, 4) is 0 Å². The van der Waals surface area contributed by atoms with Gasteiger partial charge in [0.2, 0.25) is 0 Å². The summed E-state index contributed by atoms with van der Waals surface area (Å²) in [7, 11) is 0. The zero-order chi connectivity index (χ0) is 34.1. The lowest BCUT2D eigenvalue weighted by atomic mass is 10.1. The molecule has 0 fully saturated rings. The molecule has 0 aromatic heterocycles. The maximum atomic E-state index is 12.2. The summed E-state index contributed by atoms with van der Waals surface area (Å²) in [5, 5.41) is 9.59. The van der Waals surface area contributed by atoms with Crippen LogP contribution in [0.3, 0.4) is 0 Å². The zero-order valence-electron chi connectivity index (χ0n) is 31.8. The summed E-state index contributed by atoms with van der Waals surface area (Å²) in [5.41, 5.74) is 0. The third-order valence-corrected chi connectivity index (χ3v) is 9.25.